The van der Waals surface area contributed by atoms with Crippen molar-refractivity contribution >= 4 is 5.97 Å². The summed E-state index contributed by atoms with van der Waals surface area (Å²) >= 11 is 0. The zero-order valence-corrected chi connectivity index (χ0v) is 10.2. The number of esters is 1. The van der Waals surface area contributed by atoms with Gasteiger partial charge in [-0.3, -0.25) is 4.79 Å². The van der Waals surface area contributed by atoms with E-state index in [1.165, 1.54) is 6.07 Å². The van der Waals surface area contributed by atoms with Crippen LogP contribution < -0.4 is 0 Å². The molecule has 0 saturated heterocycles. The van der Waals surface area contributed by atoms with E-state index in [1.807, 2.05) is 0 Å². The molecule has 1 aliphatic carbocycles. The smallest absolute Gasteiger partial charge is 0.310 e. The van der Waals surface area contributed by atoms with Crippen molar-refractivity contribution in [2.75, 3.05) is 0 Å². The molecule has 1 fully saturated rings. The molecule has 2 atom stereocenters. The Morgan fingerprint density at radius 1 is 1.37 bits per heavy atom. The maximum absolute atomic E-state index is 13.0. The Kier molecular flexibility index (Phi) is 4.10. The highest BCUT2D eigenvalue weighted by molar-refractivity contribution is 5.72. The lowest BCUT2D eigenvalue weighted by molar-refractivity contribution is -0.147. The molecule has 1 aromatic carbocycles. The number of carbonyl (C=O) groups excluding carboxylic acids is 1. The van der Waals surface area contributed by atoms with Crippen LogP contribution in [-0.4, -0.2) is 12.1 Å². The molecule has 0 aliphatic heterocycles. The number of benzene rings is 1. The molecule has 0 heterocycles. The average molecular weight is 265 g/mol. The molecule has 0 bridgehead atoms. The minimum absolute atomic E-state index is 0.0546. The fourth-order valence-electron chi connectivity index (χ4n) is 2.21. The molecule has 1 aromatic rings. The highest BCUT2D eigenvalue weighted by Gasteiger charge is 2.27. The molecule has 100 valence electrons. The maximum atomic E-state index is 13.0. The van der Waals surface area contributed by atoms with E-state index in [1.54, 1.807) is 0 Å². The van der Waals surface area contributed by atoms with Crippen LogP contribution in [0.2, 0.25) is 0 Å². The Morgan fingerprint density at radius 2 is 2.16 bits per heavy atom. The summed E-state index contributed by atoms with van der Waals surface area (Å²) in [6.07, 6.45) is 1.65. The van der Waals surface area contributed by atoms with Crippen molar-refractivity contribution in [3.05, 3.63) is 35.4 Å². The van der Waals surface area contributed by atoms with E-state index < -0.39 is 17.6 Å². The molecular weight excluding hydrogens is 252 g/mol. The van der Waals surface area contributed by atoms with Crippen LogP contribution in [0.3, 0.4) is 0 Å². The molecule has 0 N–H and O–H groups in total. The van der Waals surface area contributed by atoms with Crippen LogP contribution in [0.4, 0.5) is 8.78 Å². The van der Waals surface area contributed by atoms with E-state index in [0.717, 1.165) is 18.6 Å². The van der Waals surface area contributed by atoms with Gasteiger partial charge in [0.05, 0.1) is 12.5 Å². The van der Waals surface area contributed by atoms with Gasteiger partial charge in [-0.25, -0.2) is 8.78 Å². The molecule has 0 radical (unpaired) electrons. The second-order valence-corrected chi connectivity index (χ2v) is 4.68. The van der Waals surface area contributed by atoms with Crippen LogP contribution in [0.1, 0.15) is 24.8 Å². The molecule has 0 amide bonds. The first kappa shape index (κ1) is 13.5. The highest BCUT2D eigenvalue weighted by atomic mass is 19.2. The fourth-order valence-corrected chi connectivity index (χ4v) is 2.21. The van der Waals surface area contributed by atoms with Gasteiger partial charge in [-0.2, -0.15) is 5.26 Å². The Morgan fingerprint density at radius 3 is 2.79 bits per heavy atom. The van der Waals surface area contributed by atoms with Gasteiger partial charge in [-0.15, -0.1) is 0 Å². The molecule has 3 nitrogen and oxygen atoms in total. The van der Waals surface area contributed by atoms with Crippen molar-refractivity contribution in [1.29, 1.82) is 5.26 Å². The Balaban J connectivity index is 1.88. The molecule has 2 rings (SSSR count). The summed E-state index contributed by atoms with van der Waals surface area (Å²) in [5.74, 6) is -2.45. The Hall–Kier alpha value is -1.96. The van der Waals surface area contributed by atoms with Gasteiger partial charge in [0.1, 0.15) is 6.10 Å². The van der Waals surface area contributed by atoms with Crippen LogP contribution in [0.5, 0.6) is 0 Å². The predicted molar refractivity (Wildman–Crippen MR) is 62.9 cm³/mol. The third-order valence-electron chi connectivity index (χ3n) is 3.20. The monoisotopic (exact) mass is 265 g/mol. The number of nitrogens with zero attached hydrogens (tertiary/aromatic N) is 1. The quantitative estimate of drug-likeness (QED) is 0.789. The zero-order valence-electron chi connectivity index (χ0n) is 10.2. The summed E-state index contributed by atoms with van der Waals surface area (Å²) in [6, 6.07) is 5.48. The van der Waals surface area contributed by atoms with Crippen LogP contribution in [-0.2, 0) is 16.0 Å². The summed E-state index contributed by atoms with van der Waals surface area (Å²) in [6.45, 7) is 0. The lowest BCUT2D eigenvalue weighted by atomic mass is 10.1. The summed E-state index contributed by atoms with van der Waals surface area (Å²) in [4.78, 5) is 11.6. The molecule has 0 aromatic heterocycles. The molecule has 19 heavy (non-hydrogen) atoms. The van der Waals surface area contributed by atoms with E-state index in [2.05, 4.69) is 6.07 Å². The van der Waals surface area contributed by atoms with Crippen molar-refractivity contribution in [2.24, 2.45) is 5.92 Å². The van der Waals surface area contributed by atoms with Gasteiger partial charge in [0, 0.05) is 12.3 Å². The second kappa shape index (κ2) is 5.79. The lowest BCUT2D eigenvalue weighted by Gasteiger charge is -2.11. The summed E-state index contributed by atoms with van der Waals surface area (Å²) in [5, 5.41) is 8.74. The minimum atomic E-state index is -0.976. The van der Waals surface area contributed by atoms with Crippen LogP contribution in [0, 0.1) is 28.9 Å². The van der Waals surface area contributed by atoms with Crippen molar-refractivity contribution in [2.45, 2.75) is 31.8 Å². The summed E-state index contributed by atoms with van der Waals surface area (Å²) < 4.78 is 30.9. The van der Waals surface area contributed by atoms with Gasteiger partial charge in [0.15, 0.2) is 11.6 Å². The van der Waals surface area contributed by atoms with E-state index in [0.29, 0.717) is 18.4 Å². The topological polar surface area (TPSA) is 50.1 Å². The van der Waals surface area contributed by atoms with Gasteiger partial charge in [0.25, 0.3) is 0 Å². The highest BCUT2D eigenvalue weighted by Crippen LogP contribution is 2.27. The van der Waals surface area contributed by atoms with Crippen molar-refractivity contribution in [3.8, 4) is 6.07 Å². The van der Waals surface area contributed by atoms with Crippen LogP contribution in [0.25, 0.3) is 0 Å². The third kappa shape index (κ3) is 3.50. The van der Waals surface area contributed by atoms with Gasteiger partial charge in [-0.1, -0.05) is 6.07 Å². The Labute approximate surface area is 109 Å². The van der Waals surface area contributed by atoms with Gasteiger partial charge in [0.2, 0.25) is 0 Å². The van der Waals surface area contributed by atoms with E-state index in [9.17, 15) is 13.6 Å². The fraction of sp³-hybridized carbons (Fsp3) is 0.429. The molecule has 1 aliphatic rings. The molecular formula is C14H13F2NO2. The van der Waals surface area contributed by atoms with E-state index in [-0.39, 0.29) is 18.4 Å². The van der Waals surface area contributed by atoms with Crippen LogP contribution in [0.15, 0.2) is 18.2 Å². The standard InChI is InChI=1S/C14H13F2NO2/c15-12-4-2-9(6-13(12)16)7-14(18)19-11-3-1-10(5-11)8-17/h2,4,6,10-11H,1,3,5,7H2/t10-,11-/m1/s1. The molecule has 1 saturated carbocycles. The summed E-state index contributed by atoms with van der Waals surface area (Å²) in [7, 11) is 0. The number of hydrogen-bond donors (Lipinski definition) is 0. The van der Waals surface area contributed by atoms with Crippen LogP contribution >= 0.6 is 0 Å². The molecule has 0 unspecified atom stereocenters. The number of rotatable bonds is 3. The van der Waals surface area contributed by atoms with Gasteiger partial charge >= 0.3 is 5.97 Å². The average Bonchev–Trinajstić information content (AvgIpc) is 2.81. The SMILES string of the molecule is N#C[C@@H]1CC[C@@H](OC(=O)Cc2ccc(F)c(F)c2)C1. The molecule has 0 spiro atoms. The Bertz CT molecular complexity index is 525. The largest absolute Gasteiger partial charge is 0.462 e. The van der Waals surface area contributed by atoms with E-state index >= 15 is 0 Å². The third-order valence-corrected chi connectivity index (χ3v) is 3.20. The summed E-state index contributed by atoms with van der Waals surface area (Å²) in [5.41, 5.74) is 0.374. The van der Waals surface area contributed by atoms with Crippen molar-refractivity contribution < 1.29 is 18.3 Å². The predicted octanol–water partition coefficient (Wildman–Crippen LogP) is 2.74. The zero-order chi connectivity index (χ0) is 13.8. The minimum Gasteiger partial charge on any atom is -0.462 e. The van der Waals surface area contributed by atoms with Gasteiger partial charge in [-0.05, 0) is 30.5 Å². The number of halogens is 2. The number of carbonyl (C=O) groups is 1. The number of nitriles is 1. The molecule has 5 heteroatoms. The maximum Gasteiger partial charge on any atom is 0.310 e. The first-order valence-corrected chi connectivity index (χ1v) is 6.11. The second-order valence-electron chi connectivity index (χ2n) is 4.68. The van der Waals surface area contributed by atoms with Crippen molar-refractivity contribution in [3.63, 3.8) is 0 Å². The first-order chi connectivity index (χ1) is 9.08. The van der Waals surface area contributed by atoms with E-state index in [4.69, 9.17) is 10.00 Å². The van der Waals surface area contributed by atoms with Gasteiger partial charge < -0.3 is 4.74 Å². The number of hydrogen-bond acceptors (Lipinski definition) is 3. The normalized spacial score (nSPS) is 21.9. The lowest BCUT2D eigenvalue weighted by Crippen LogP contribution is -2.17. The van der Waals surface area contributed by atoms with Crippen molar-refractivity contribution in [1.82, 2.24) is 0 Å². The first-order valence-electron chi connectivity index (χ1n) is 6.11. The number of ether oxygens (including phenoxy) is 1.